The third kappa shape index (κ3) is 6.25. The number of nitrogens with one attached hydrogen (secondary N) is 1. The van der Waals surface area contributed by atoms with Crippen molar-refractivity contribution in [2.45, 2.75) is 52.0 Å². The minimum atomic E-state index is 0.417. The fourth-order valence-corrected chi connectivity index (χ4v) is 2.21. The third-order valence-electron chi connectivity index (χ3n) is 3.28. The third-order valence-corrected chi connectivity index (χ3v) is 3.28. The molecule has 1 aromatic rings. The fraction of sp³-hybridized carbons (Fsp3) is 0.556. The summed E-state index contributed by atoms with van der Waals surface area (Å²) in [7, 11) is 0. The smallest absolute Gasteiger partial charge is 0.119 e. The van der Waals surface area contributed by atoms with Crippen LogP contribution in [0.4, 0.5) is 0 Å². The molecule has 0 radical (unpaired) electrons. The first-order chi connectivity index (χ1) is 9.81. The van der Waals surface area contributed by atoms with Crippen molar-refractivity contribution in [3.8, 4) is 5.75 Å². The second kappa shape index (κ2) is 10.5. The Morgan fingerprint density at radius 2 is 2.15 bits per heavy atom. The second-order valence-electron chi connectivity index (χ2n) is 5.15. The summed E-state index contributed by atoms with van der Waals surface area (Å²) in [6, 6.07) is 8.92. The van der Waals surface area contributed by atoms with E-state index in [1.165, 1.54) is 12.0 Å². The number of unbranched alkanes of at least 4 members (excludes halogenated alkanes) is 1. The summed E-state index contributed by atoms with van der Waals surface area (Å²) >= 11 is 0. The molecule has 0 aliphatic rings. The van der Waals surface area contributed by atoms with Crippen molar-refractivity contribution in [3.63, 3.8) is 0 Å². The zero-order chi connectivity index (χ0) is 14.6. The molecule has 1 rings (SSSR count). The van der Waals surface area contributed by atoms with Gasteiger partial charge in [-0.15, -0.1) is 6.58 Å². The summed E-state index contributed by atoms with van der Waals surface area (Å²) in [5.74, 6) is 0.983. The van der Waals surface area contributed by atoms with E-state index in [0.29, 0.717) is 6.04 Å². The first-order valence-corrected chi connectivity index (χ1v) is 7.88. The van der Waals surface area contributed by atoms with E-state index in [0.717, 1.165) is 44.6 Å². The summed E-state index contributed by atoms with van der Waals surface area (Å²) < 4.78 is 5.73. The van der Waals surface area contributed by atoms with Gasteiger partial charge >= 0.3 is 0 Å². The number of hydrogen-bond acceptors (Lipinski definition) is 2. The molecule has 0 saturated carbocycles. The molecule has 0 heterocycles. The Morgan fingerprint density at radius 1 is 1.30 bits per heavy atom. The largest absolute Gasteiger partial charge is 0.494 e. The van der Waals surface area contributed by atoms with Crippen LogP contribution in [0.5, 0.6) is 5.75 Å². The van der Waals surface area contributed by atoms with E-state index in [1.54, 1.807) is 0 Å². The molecular formula is C18H29NO. The highest BCUT2D eigenvalue weighted by Gasteiger charge is 2.10. The van der Waals surface area contributed by atoms with Gasteiger partial charge in [0.15, 0.2) is 0 Å². The van der Waals surface area contributed by atoms with Gasteiger partial charge in [0, 0.05) is 6.04 Å². The molecule has 1 aromatic carbocycles. The molecule has 0 saturated heterocycles. The van der Waals surface area contributed by atoms with Crippen LogP contribution in [0.3, 0.4) is 0 Å². The van der Waals surface area contributed by atoms with E-state index < -0.39 is 0 Å². The van der Waals surface area contributed by atoms with Crippen LogP contribution in [0, 0.1) is 0 Å². The zero-order valence-electron chi connectivity index (χ0n) is 13.0. The molecular weight excluding hydrogens is 246 g/mol. The lowest BCUT2D eigenvalue weighted by Crippen LogP contribution is -2.22. The van der Waals surface area contributed by atoms with Crippen LogP contribution in [0.2, 0.25) is 0 Å². The first-order valence-electron chi connectivity index (χ1n) is 7.88. The Labute approximate surface area is 124 Å². The van der Waals surface area contributed by atoms with E-state index in [9.17, 15) is 0 Å². The summed E-state index contributed by atoms with van der Waals surface area (Å²) in [5, 5.41) is 3.64. The first kappa shape index (κ1) is 16.8. The number of rotatable bonds is 11. The van der Waals surface area contributed by atoms with Gasteiger partial charge in [0.05, 0.1) is 6.61 Å². The summed E-state index contributed by atoms with van der Waals surface area (Å²) in [4.78, 5) is 0. The van der Waals surface area contributed by atoms with Crippen LogP contribution < -0.4 is 10.1 Å². The Bertz CT molecular complexity index is 375. The van der Waals surface area contributed by atoms with Crippen molar-refractivity contribution in [3.05, 3.63) is 42.5 Å². The number of allylic oxidation sites excluding steroid dienone is 1. The molecule has 0 fully saturated rings. The highest BCUT2D eigenvalue weighted by atomic mass is 16.5. The normalized spacial score (nSPS) is 12.1. The molecule has 1 unspecified atom stereocenters. The molecule has 20 heavy (non-hydrogen) atoms. The molecule has 0 aromatic heterocycles. The SMILES string of the molecule is C=CCCCC(NCCC)c1cccc(OCCC)c1. The molecule has 0 aliphatic carbocycles. The quantitative estimate of drug-likeness (QED) is 0.459. The van der Waals surface area contributed by atoms with Gasteiger partial charge in [-0.2, -0.15) is 0 Å². The van der Waals surface area contributed by atoms with Gasteiger partial charge in [0.25, 0.3) is 0 Å². The van der Waals surface area contributed by atoms with Gasteiger partial charge in [0.2, 0.25) is 0 Å². The molecule has 2 nitrogen and oxygen atoms in total. The van der Waals surface area contributed by atoms with Gasteiger partial charge in [-0.3, -0.25) is 0 Å². The van der Waals surface area contributed by atoms with Crippen LogP contribution in [0.15, 0.2) is 36.9 Å². The minimum Gasteiger partial charge on any atom is -0.494 e. The van der Waals surface area contributed by atoms with Crippen LogP contribution >= 0.6 is 0 Å². The van der Waals surface area contributed by atoms with Crippen molar-refractivity contribution in [2.75, 3.05) is 13.2 Å². The highest BCUT2D eigenvalue weighted by Crippen LogP contribution is 2.23. The minimum absolute atomic E-state index is 0.417. The lowest BCUT2D eigenvalue weighted by atomic mass is 10.0. The summed E-state index contributed by atoms with van der Waals surface area (Å²) in [5.41, 5.74) is 1.33. The summed E-state index contributed by atoms with van der Waals surface area (Å²) in [6.07, 6.45) is 7.59. The standard InChI is InChI=1S/C18H29NO/c1-4-7-8-12-18(19-13-5-2)16-10-9-11-17(15-16)20-14-6-3/h4,9-11,15,18-19H,1,5-8,12-14H2,2-3H3. The fourth-order valence-electron chi connectivity index (χ4n) is 2.21. The molecule has 0 amide bonds. The van der Waals surface area contributed by atoms with Crippen molar-refractivity contribution >= 4 is 0 Å². The van der Waals surface area contributed by atoms with Crippen molar-refractivity contribution in [2.24, 2.45) is 0 Å². The van der Waals surface area contributed by atoms with Gasteiger partial charge in [0.1, 0.15) is 5.75 Å². The maximum Gasteiger partial charge on any atom is 0.119 e. The van der Waals surface area contributed by atoms with Crippen molar-refractivity contribution < 1.29 is 4.74 Å². The van der Waals surface area contributed by atoms with Gasteiger partial charge < -0.3 is 10.1 Å². The van der Waals surface area contributed by atoms with Crippen LogP contribution in [-0.2, 0) is 0 Å². The molecule has 2 heteroatoms. The second-order valence-corrected chi connectivity index (χ2v) is 5.15. The van der Waals surface area contributed by atoms with E-state index in [-0.39, 0.29) is 0 Å². The lowest BCUT2D eigenvalue weighted by molar-refractivity contribution is 0.316. The van der Waals surface area contributed by atoms with Crippen LogP contribution in [0.1, 0.15) is 57.6 Å². The maximum atomic E-state index is 5.73. The van der Waals surface area contributed by atoms with Crippen LogP contribution in [0.25, 0.3) is 0 Å². The monoisotopic (exact) mass is 275 g/mol. The Hall–Kier alpha value is -1.28. The zero-order valence-corrected chi connectivity index (χ0v) is 13.0. The lowest BCUT2D eigenvalue weighted by Gasteiger charge is -2.19. The summed E-state index contributed by atoms with van der Waals surface area (Å²) in [6.45, 7) is 9.97. The Balaban J connectivity index is 2.69. The highest BCUT2D eigenvalue weighted by molar-refractivity contribution is 5.30. The van der Waals surface area contributed by atoms with E-state index in [4.69, 9.17) is 4.74 Å². The molecule has 112 valence electrons. The average molecular weight is 275 g/mol. The van der Waals surface area contributed by atoms with Crippen molar-refractivity contribution in [1.82, 2.24) is 5.32 Å². The van der Waals surface area contributed by atoms with Crippen molar-refractivity contribution in [1.29, 1.82) is 0 Å². The van der Waals surface area contributed by atoms with E-state index >= 15 is 0 Å². The molecule has 0 spiro atoms. The molecule has 1 N–H and O–H groups in total. The predicted octanol–water partition coefficient (Wildman–Crippen LogP) is 4.87. The van der Waals surface area contributed by atoms with Gasteiger partial charge in [-0.1, -0.05) is 32.1 Å². The molecule has 0 bridgehead atoms. The predicted molar refractivity (Wildman–Crippen MR) is 87.3 cm³/mol. The van der Waals surface area contributed by atoms with E-state index in [1.807, 2.05) is 12.1 Å². The van der Waals surface area contributed by atoms with Crippen LogP contribution in [-0.4, -0.2) is 13.2 Å². The van der Waals surface area contributed by atoms with E-state index in [2.05, 4.69) is 43.9 Å². The molecule has 1 atom stereocenters. The Morgan fingerprint density at radius 3 is 2.85 bits per heavy atom. The maximum absolute atomic E-state index is 5.73. The number of hydrogen-bond donors (Lipinski definition) is 1. The number of ether oxygens (including phenoxy) is 1. The average Bonchev–Trinajstić information content (AvgIpc) is 2.49. The molecule has 0 aliphatic heterocycles. The van der Waals surface area contributed by atoms with Gasteiger partial charge in [-0.05, 0) is 56.3 Å². The number of benzene rings is 1. The van der Waals surface area contributed by atoms with Gasteiger partial charge in [-0.25, -0.2) is 0 Å². The Kier molecular flexibility index (Phi) is 8.81. The topological polar surface area (TPSA) is 21.3 Å².